The average molecular weight is 239 g/mol. The van der Waals surface area contributed by atoms with Gasteiger partial charge in [0.25, 0.3) is 0 Å². The molecule has 0 aromatic heterocycles. The summed E-state index contributed by atoms with van der Waals surface area (Å²) in [5, 5.41) is 9.42. The van der Waals surface area contributed by atoms with Crippen LogP contribution in [0.4, 0.5) is 0 Å². The van der Waals surface area contributed by atoms with Gasteiger partial charge in [0, 0.05) is 0 Å². The van der Waals surface area contributed by atoms with Crippen molar-refractivity contribution in [2.45, 2.75) is 57.4 Å². The number of carboxylic acid groups (broad SMARTS) is 1. The fraction of sp³-hybridized carbons (Fsp3) is 0.786. The molecule has 1 aliphatic rings. The largest absolute Gasteiger partial charge is 0.480 e. The number of hydrogen-bond donors (Lipinski definition) is 1. The van der Waals surface area contributed by atoms with Crippen LogP contribution in [0.5, 0.6) is 0 Å². The molecule has 98 valence electrons. The lowest BCUT2D eigenvalue weighted by atomic mass is 9.93. The minimum Gasteiger partial charge on any atom is -0.480 e. The van der Waals surface area contributed by atoms with E-state index in [1.54, 1.807) is 0 Å². The third kappa shape index (κ3) is 3.32. The van der Waals surface area contributed by atoms with E-state index >= 15 is 0 Å². The summed E-state index contributed by atoms with van der Waals surface area (Å²) in [6, 6.07) is 0. The Balaban J connectivity index is 2.40. The molecule has 0 aromatic carbocycles. The molecule has 1 atom stereocenters. The molecule has 0 amide bonds. The standard InChI is InChI=1S/C14H25NO2/c1-3-5-6-7-8-11-15-12-9-10-14(15,4-2)13(16)17/h3H,1,4-12H2,2H3,(H,16,17). The van der Waals surface area contributed by atoms with Crippen molar-refractivity contribution in [2.75, 3.05) is 13.1 Å². The maximum atomic E-state index is 11.4. The minimum absolute atomic E-state index is 0.571. The summed E-state index contributed by atoms with van der Waals surface area (Å²) in [6.07, 6.45) is 9.00. The molecular weight excluding hydrogens is 214 g/mol. The van der Waals surface area contributed by atoms with Crippen LogP contribution in [0.1, 0.15) is 51.9 Å². The van der Waals surface area contributed by atoms with Crippen molar-refractivity contribution in [2.24, 2.45) is 0 Å². The van der Waals surface area contributed by atoms with Crippen molar-refractivity contribution < 1.29 is 9.90 Å². The molecule has 1 saturated heterocycles. The van der Waals surface area contributed by atoms with Gasteiger partial charge in [0.2, 0.25) is 0 Å². The maximum Gasteiger partial charge on any atom is 0.324 e. The number of aliphatic carboxylic acids is 1. The first kappa shape index (κ1) is 14.2. The van der Waals surface area contributed by atoms with E-state index in [9.17, 15) is 9.90 Å². The number of carbonyl (C=O) groups is 1. The molecule has 1 rings (SSSR count). The van der Waals surface area contributed by atoms with Crippen molar-refractivity contribution in [1.82, 2.24) is 4.90 Å². The molecule has 1 fully saturated rings. The molecule has 0 radical (unpaired) electrons. The molecule has 0 saturated carbocycles. The van der Waals surface area contributed by atoms with Crippen LogP contribution in [0.15, 0.2) is 12.7 Å². The van der Waals surface area contributed by atoms with E-state index in [2.05, 4.69) is 11.5 Å². The topological polar surface area (TPSA) is 40.5 Å². The van der Waals surface area contributed by atoms with Crippen molar-refractivity contribution >= 4 is 5.97 Å². The molecule has 0 aliphatic carbocycles. The summed E-state index contributed by atoms with van der Waals surface area (Å²) in [7, 11) is 0. The smallest absolute Gasteiger partial charge is 0.324 e. The molecular formula is C14H25NO2. The number of unbranched alkanes of at least 4 members (excludes halogenated alkanes) is 3. The molecule has 1 heterocycles. The number of hydrogen-bond acceptors (Lipinski definition) is 2. The van der Waals surface area contributed by atoms with Gasteiger partial charge in [0.05, 0.1) is 0 Å². The Morgan fingerprint density at radius 2 is 2.24 bits per heavy atom. The Hall–Kier alpha value is -0.830. The van der Waals surface area contributed by atoms with Gasteiger partial charge < -0.3 is 5.11 Å². The van der Waals surface area contributed by atoms with Crippen LogP contribution in [0.25, 0.3) is 0 Å². The number of likely N-dealkylation sites (tertiary alicyclic amines) is 1. The van der Waals surface area contributed by atoms with E-state index in [4.69, 9.17) is 0 Å². The fourth-order valence-electron chi connectivity index (χ4n) is 2.82. The second-order valence-corrected chi connectivity index (χ2v) is 4.92. The summed E-state index contributed by atoms with van der Waals surface area (Å²) in [4.78, 5) is 13.6. The zero-order valence-electron chi connectivity index (χ0n) is 11.0. The number of allylic oxidation sites excluding steroid dienone is 1. The predicted molar refractivity (Wildman–Crippen MR) is 70.1 cm³/mol. The first-order valence-corrected chi connectivity index (χ1v) is 6.76. The third-order valence-electron chi connectivity index (χ3n) is 3.94. The Kier molecular flexibility index (Phi) is 5.69. The zero-order chi connectivity index (χ0) is 12.7. The molecule has 0 bridgehead atoms. The highest BCUT2D eigenvalue weighted by Gasteiger charge is 2.45. The molecule has 3 nitrogen and oxygen atoms in total. The summed E-state index contributed by atoms with van der Waals surface area (Å²) < 4.78 is 0. The normalized spacial score (nSPS) is 25.0. The highest BCUT2D eigenvalue weighted by atomic mass is 16.4. The van der Waals surface area contributed by atoms with E-state index in [1.807, 2.05) is 13.0 Å². The van der Waals surface area contributed by atoms with Crippen LogP contribution in [-0.2, 0) is 4.79 Å². The summed E-state index contributed by atoms with van der Waals surface area (Å²) in [5.74, 6) is -0.636. The van der Waals surface area contributed by atoms with Gasteiger partial charge in [-0.2, -0.15) is 0 Å². The second-order valence-electron chi connectivity index (χ2n) is 4.92. The number of carboxylic acids is 1. The van der Waals surface area contributed by atoms with Gasteiger partial charge in [-0.1, -0.05) is 19.4 Å². The Bertz CT molecular complexity index is 265. The summed E-state index contributed by atoms with van der Waals surface area (Å²) in [6.45, 7) is 7.57. The van der Waals surface area contributed by atoms with Crippen LogP contribution in [0, 0.1) is 0 Å². The molecule has 0 spiro atoms. The summed E-state index contributed by atoms with van der Waals surface area (Å²) in [5.41, 5.74) is -0.571. The van der Waals surface area contributed by atoms with Gasteiger partial charge in [0.15, 0.2) is 0 Å². The van der Waals surface area contributed by atoms with Crippen LogP contribution < -0.4 is 0 Å². The SMILES string of the molecule is C=CCCCCCN1CCCC1(CC)C(=O)O. The number of nitrogens with zero attached hydrogens (tertiary/aromatic N) is 1. The van der Waals surface area contributed by atoms with Gasteiger partial charge in [-0.3, -0.25) is 9.69 Å². The van der Waals surface area contributed by atoms with Gasteiger partial charge in [-0.15, -0.1) is 6.58 Å². The molecule has 0 aromatic rings. The maximum absolute atomic E-state index is 11.4. The molecule has 3 heteroatoms. The number of rotatable bonds is 8. The fourth-order valence-corrected chi connectivity index (χ4v) is 2.82. The van der Waals surface area contributed by atoms with Crippen molar-refractivity contribution in [3.05, 3.63) is 12.7 Å². The lowest BCUT2D eigenvalue weighted by molar-refractivity contribution is -0.150. The zero-order valence-corrected chi connectivity index (χ0v) is 11.0. The van der Waals surface area contributed by atoms with Crippen molar-refractivity contribution in [3.63, 3.8) is 0 Å². The monoisotopic (exact) mass is 239 g/mol. The van der Waals surface area contributed by atoms with E-state index in [1.165, 1.54) is 12.8 Å². The lowest BCUT2D eigenvalue weighted by Crippen LogP contribution is -2.50. The molecule has 1 N–H and O–H groups in total. The Morgan fingerprint density at radius 1 is 1.47 bits per heavy atom. The van der Waals surface area contributed by atoms with Crippen molar-refractivity contribution in [3.8, 4) is 0 Å². The Labute approximate surface area is 105 Å². The van der Waals surface area contributed by atoms with Crippen LogP contribution in [0.3, 0.4) is 0 Å². The predicted octanol–water partition coefficient (Wildman–Crippen LogP) is 3.06. The highest BCUT2D eigenvalue weighted by molar-refractivity contribution is 5.79. The van der Waals surface area contributed by atoms with Gasteiger partial charge in [-0.05, 0) is 51.6 Å². The highest BCUT2D eigenvalue weighted by Crippen LogP contribution is 2.32. The second kappa shape index (κ2) is 6.80. The Morgan fingerprint density at radius 3 is 2.82 bits per heavy atom. The lowest BCUT2D eigenvalue weighted by Gasteiger charge is -2.33. The van der Waals surface area contributed by atoms with E-state index < -0.39 is 11.5 Å². The van der Waals surface area contributed by atoms with Gasteiger partial charge in [-0.25, -0.2) is 0 Å². The molecule has 17 heavy (non-hydrogen) atoms. The minimum atomic E-state index is -0.636. The van der Waals surface area contributed by atoms with Crippen LogP contribution in [-0.4, -0.2) is 34.6 Å². The van der Waals surface area contributed by atoms with Gasteiger partial charge >= 0.3 is 5.97 Å². The third-order valence-corrected chi connectivity index (χ3v) is 3.94. The molecule has 1 unspecified atom stereocenters. The average Bonchev–Trinajstić information content (AvgIpc) is 2.73. The first-order chi connectivity index (χ1) is 8.17. The van der Waals surface area contributed by atoms with E-state index in [0.717, 1.165) is 45.2 Å². The van der Waals surface area contributed by atoms with Crippen LogP contribution >= 0.6 is 0 Å². The van der Waals surface area contributed by atoms with Crippen LogP contribution in [0.2, 0.25) is 0 Å². The van der Waals surface area contributed by atoms with E-state index in [0.29, 0.717) is 0 Å². The first-order valence-electron chi connectivity index (χ1n) is 6.76. The molecule has 1 aliphatic heterocycles. The summed E-state index contributed by atoms with van der Waals surface area (Å²) >= 11 is 0. The van der Waals surface area contributed by atoms with Gasteiger partial charge in [0.1, 0.15) is 5.54 Å². The van der Waals surface area contributed by atoms with E-state index in [-0.39, 0.29) is 0 Å². The quantitative estimate of drug-likeness (QED) is 0.523. The van der Waals surface area contributed by atoms with Crippen molar-refractivity contribution in [1.29, 1.82) is 0 Å².